The number of hydrogen-bond donors (Lipinski definition) is 0. The quantitative estimate of drug-likeness (QED) is 0.846. The van der Waals surface area contributed by atoms with Crippen LogP contribution in [-0.2, 0) is 17.8 Å². The third kappa shape index (κ3) is 3.80. The summed E-state index contributed by atoms with van der Waals surface area (Å²) in [5, 5.41) is 4.33. The zero-order valence-electron chi connectivity index (χ0n) is 14.5. The number of rotatable bonds is 5. The predicted octanol–water partition coefficient (Wildman–Crippen LogP) is 2.55. The zero-order chi connectivity index (χ0) is 16.9. The number of nitrogens with zero attached hydrogens (tertiary/aromatic N) is 5. The Balaban J connectivity index is 1.66. The lowest BCUT2D eigenvalue weighted by Crippen LogP contribution is -2.39. The molecule has 1 aliphatic heterocycles. The third-order valence-electron chi connectivity index (χ3n) is 4.58. The van der Waals surface area contributed by atoms with Gasteiger partial charge in [0, 0.05) is 39.0 Å². The van der Waals surface area contributed by atoms with Crippen LogP contribution in [0.25, 0.3) is 11.4 Å². The predicted molar refractivity (Wildman–Crippen MR) is 92.2 cm³/mol. The molecule has 1 aliphatic rings. The highest BCUT2D eigenvalue weighted by molar-refractivity contribution is 5.73. The summed E-state index contributed by atoms with van der Waals surface area (Å²) in [5.41, 5.74) is 2.87. The van der Waals surface area contributed by atoms with Crippen molar-refractivity contribution >= 4 is 5.91 Å². The number of aryl methyl sites for hydroxylation is 1. The lowest BCUT2D eigenvalue weighted by atomic mass is 9.93. The minimum absolute atomic E-state index is 0.172. The summed E-state index contributed by atoms with van der Waals surface area (Å²) >= 11 is 0. The Morgan fingerprint density at radius 2 is 2.21 bits per heavy atom. The van der Waals surface area contributed by atoms with Crippen LogP contribution in [0.4, 0.5) is 0 Å². The van der Waals surface area contributed by atoms with E-state index in [1.165, 1.54) is 0 Å². The number of amides is 1. The molecule has 1 atom stereocenters. The van der Waals surface area contributed by atoms with Crippen LogP contribution in [0.2, 0.25) is 0 Å². The van der Waals surface area contributed by atoms with E-state index >= 15 is 0 Å². The van der Waals surface area contributed by atoms with Crippen LogP contribution in [-0.4, -0.2) is 43.6 Å². The molecule has 2 aromatic rings. The molecular formula is C18H25N5O. The minimum atomic E-state index is 0.172. The van der Waals surface area contributed by atoms with Crippen LogP contribution in [0.3, 0.4) is 0 Å². The SMILES string of the molecule is CCCn1nccc1-c1cnc(CC2CCCN(C(C)=O)C2)cn1. The van der Waals surface area contributed by atoms with Gasteiger partial charge < -0.3 is 4.90 Å². The fourth-order valence-electron chi connectivity index (χ4n) is 3.35. The standard InChI is InChI=1S/C18H25N5O/c1-3-8-23-18(6-7-21-23)17-12-19-16(11-20-17)10-15-5-4-9-22(13-15)14(2)24/h6-7,11-12,15H,3-5,8-10,13H2,1-2H3. The average Bonchev–Trinajstić information content (AvgIpc) is 3.04. The van der Waals surface area contributed by atoms with E-state index < -0.39 is 0 Å². The van der Waals surface area contributed by atoms with Gasteiger partial charge in [-0.2, -0.15) is 5.10 Å². The Morgan fingerprint density at radius 1 is 1.33 bits per heavy atom. The topological polar surface area (TPSA) is 63.9 Å². The lowest BCUT2D eigenvalue weighted by molar-refractivity contribution is -0.130. The number of carbonyl (C=O) groups is 1. The number of likely N-dealkylation sites (tertiary alicyclic amines) is 1. The largest absolute Gasteiger partial charge is 0.343 e. The normalized spacial score (nSPS) is 17.9. The Bertz CT molecular complexity index is 679. The molecule has 1 fully saturated rings. The second-order valence-corrected chi connectivity index (χ2v) is 6.51. The van der Waals surface area contributed by atoms with Crippen LogP contribution in [0.1, 0.15) is 38.8 Å². The van der Waals surface area contributed by atoms with Crippen molar-refractivity contribution in [2.24, 2.45) is 5.92 Å². The van der Waals surface area contributed by atoms with Crippen molar-refractivity contribution in [2.45, 2.75) is 46.1 Å². The van der Waals surface area contributed by atoms with Crippen molar-refractivity contribution in [3.05, 3.63) is 30.4 Å². The molecule has 24 heavy (non-hydrogen) atoms. The van der Waals surface area contributed by atoms with Gasteiger partial charge in [0.15, 0.2) is 0 Å². The molecule has 0 radical (unpaired) electrons. The first-order chi connectivity index (χ1) is 11.7. The maximum Gasteiger partial charge on any atom is 0.219 e. The number of carbonyl (C=O) groups excluding carboxylic acids is 1. The first kappa shape index (κ1) is 16.6. The van der Waals surface area contributed by atoms with Gasteiger partial charge in [-0.3, -0.25) is 19.4 Å². The van der Waals surface area contributed by atoms with Gasteiger partial charge in [-0.05, 0) is 37.7 Å². The van der Waals surface area contributed by atoms with Crippen LogP contribution in [0.5, 0.6) is 0 Å². The van der Waals surface area contributed by atoms with E-state index in [1.807, 2.05) is 28.0 Å². The van der Waals surface area contributed by atoms with E-state index in [0.717, 1.165) is 62.4 Å². The minimum Gasteiger partial charge on any atom is -0.343 e. The summed E-state index contributed by atoms with van der Waals surface area (Å²) in [5.74, 6) is 0.652. The molecule has 0 aromatic carbocycles. The highest BCUT2D eigenvalue weighted by atomic mass is 16.2. The first-order valence-electron chi connectivity index (χ1n) is 8.76. The molecule has 0 bridgehead atoms. The second kappa shape index (κ2) is 7.55. The maximum atomic E-state index is 11.5. The van der Waals surface area contributed by atoms with Gasteiger partial charge in [-0.1, -0.05) is 6.92 Å². The van der Waals surface area contributed by atoms with E-state index in [0.29, 0.717) is 5.92 Å². The molecule has 0 N–H and O–H groups in total. The number of hydrogen-bond acceptors (Lipinski definition) is 4. The molecule has 1 unspecified atom stereocenters. The summed E-state index contributed by atoms with van der Waals surface area (Å²) < 4.78 is 1.97. The van der Waals surface area contributed by atoms with Crippen LogP contribution < -0.4 is 0 Å². The second-order valence-electron chi connectivity index (χ2n) is 6.51. The van der Waals surface area contributed by atoms with Gasteiger partial charge in [0.1, 0.15) is 5.69 Å². The van der Waals surface area contributed by atoms with Gasteiger partial charge in [0.05, 0.1) is 17.6 Å². The Kier molecular flexibility index (Phi) is 5.23. The molecular weight excluding hydrogens is 302 g/mol. The van der Waals surface area contributed by atoms with E-state index in [4.69, 9.17) is 0 Å². The molecule has 2 aromatic heterocycles. The summed E-state index contributed by atoms with van der Waals surface area (Å²) in [6.45, 7) is 6.39. The molecule has 6 nitrogen and oxygen atoms in total. The van der Waals surface area contributed by atoms with Crippen LogP contribution >= 0.6 is 0 Å². The fourth-order valence-corrected chi connectivity index (χ4v) is 3.35. The van der Waals surface area contributed by atoms with Crippen molar-refractivity contribution in [1.82, 2.24) is 24.6 Å². The van der Waals surface area contributed by atoms with E-state index in [1.54, 1.807) is 13.1 Å². The molecule has 0 aliphatic carbocycles. The van der Waals surface area contributed by atoms with Gasteiger partial charge in [-0.25, -0.2) is 0 Å². The van der Waals surface area contributed by atoms with E-state index in [2.05, 4.69) is 22.0 Å². The molecule has 128 valence electrons. The van der Waals surface area contributed by atoms with Crippen molar-refractivity contribution in [3.8, 4) is 11.4 Å². The Labute approximate surface area is 142 Å². The molecule has 0 spiro atoms. The first-order valence-corrected chi connectivity index (χ1v) is 8.76. The highest BCUT2D eigenvalue weighted by Gasteiger charge is 2.22. The van der Waals surface area contributed by atoms with Gasteiger partial charge in [0.2, 0.25) is 5.91 Å². The highest BCUT2D eigenvalue weighted by Crippen LogP contribution is 2.21. The molecule has 1 amide bonds. The monoisotopic (exact) mass is 327 g/mol. The molecule has 3 rings (SSSR count). The molecule has 3 heterocycles. The Hall–Kier alpha value is -2.24. The third-order valence-corrected chi connectivity index (χ3v) is 4.58. The maximum absolute atomic E-state index is 11.5. The summed E-state index contributed by atoms with van der Waals surface area (Å²) in [4.78, 5) is 22.7. The number of aromatic nitrogens is 4. The lowest BCUT2D eigenvalue weighted by Gasteiger charge is -2.31. The fraction of sp³-hybridized carbons (Fsp3) is 0.556. The van der Waals surface area contributed by atoms with Crippen molar-refractivity contribution < 1.29 is 4.79 Å². The average molecular weight is 327 g/mol. The van der Waals surface area contributed by atoms with E-state index in [9.17, 15) is 4.79 Å². The van der Waals surface area contributed by atoms with Crippen LogP contribution in [0.15, 0.2) is 24.7 Å². The molecule has 1 saturated heterocycles. The summed E-state index contributed by atoms with van der Waals surface area (Å²) in [6, 6.07) is 1.98. The van der Waals surface area contributed by atoms with Gasteiger partial charge in [-0.15, -0.1) is 0 Å². The van der Waals surface area contributed by atoms with Gasteiger partial charge >= 0.3 is 0 Å². The molecule has 6 heteroatoms. The van der Waals surface area contributed by atoms with Crippen molar-refractivity contribution in [2.75, 3.05) is 13.1 Å². The van der Waals surface area contributed by atoms with Gasteiger partial charge in [0.25, 0.3) is 0 Å². The van der Waals surface area contributed by atoms with Crippen molar-refractivity contribution in [1.29, 1.82) is 0 Å². The van der Waals surface area contributed by atoms with Crippen molar-refractivity contribution in [3.63, 3.8) is 0 Å². The van der Waals surface area contributed by atoms with E-state index in [-0.39, 0.29) is 5.91 Å². The zero-order valence-corrected chi connectivity index (χ0v) is 14.5. The Morgan fingerprint density at radius 3 is 2.92 bits per heavy atom. The smallest absolute Gasteiger partial charge is 0.219 e. The van der Waals surface area contributed by atoms with Crippen LogP contribution in [0, 0.1) is 5.92 Å². The summed E-state index contributed by atoms with van der Waals surface area (Å²) in [6.07, 6.45) is 9.65. The molecule has 0 saturated carbocycles. The number of piperidine rings is 1. The summed E-state index contributed by atoms with van der Waals surface area (Å²) in [7, 11) is 0.